The number of amides is 1. The van der Waals surface area contributed by atoms with Crippen LogP contribution in [0.15, 0.2) is 36.5 Å². The van der Waals surface area contributed by atoms with Crippen molar-refractivity contribution in [1.82, 2.24) is 10.5 Å². The summed E-state index contributed by atoms with van der Waals surface area (Å²) in [7, 11) is 0. The average molecular weight is 287 g/mol. The fourth-order valence-electron chi connectivity index (χ4n) is 2.22. The smallest absolute Gasteiger partial charge is 0.243 e. The zero-order valence-electron chi connectivity index (χ0n) is 12.0. The van der Waals surface area contributed by atoms with E-state index in [0.29, 0.717) is 6.42 Å². The minimum atomic E-state index is -0.310. The highest BCUT2D eigenvalue weighted by Gasteiger charge is 1.99. The second kappa shape index (κ2) is 8.21. The van der Waals surface area contributed by atoms with Crippen LogP contribution in [0.5, 0.6) is 0 Å². The number of carbonyl (C=O) groups excluding carboxylic acids is 1. The van der Waals surface area contributed by atoms with E-state index in [0.717, 1.165) is 48.8 Å². The summed E-state index contributed by atoms with van der Waals surface area (Å²) in [6.07, 6.45) is 6.15. The Balaban J connectivity index is 1.65. The molecule has 0 unspecified atom stereocenters. The van der Waals surface area contributed by atoms with Crippen LogP contribution in [-0.2, 0) is 4.79 Å². The van der Waals surface area contributed by atoms with E-state index in [2.05, 4.69) is 22.4 Å². The number of hydrogen-bond acceptors (Lipinski definition) is 4. The Morgan fingerprint density at radius 1 is 1.14 bits per heavy atom. The molecule has 0 bridgehead atoms. The lowest BCUT2D eigenvalue weighted by molar-refractivity contribution is -0.129. The van der Waals surface area contributed by atoms with Crippen LogP contribution in [0.2, 0.25) is 0 Å². The molecule has 5 nitrogen and oxygen atoms in total. The first-order chi connectivity index (χ1) is 10.3. The number of hydroxylamine groups is 1. The Hall–Kier alpha value is -2.14. The number of pyridine rings is 1. The molecule has 3 N–H and O–H groups in total. The highest BCUT2D eigenvalue weighted by atomic mass is 16.5. The Morgan fingerprint density at radius 2 is 1.95 bits per heavy atom. The van der Waals surface area contributed by atoms with Crippen LogP contribution in [0, 0.1) is 0 Å². The third-order valence-corrected chi connectivity index (χ3v) is 3.37. The molecule has 0 radical (unpaired) electrons. The van der Waals surface area contributed by atoms with Crippen molar-refractivity contribution in [2.24, 2.45) is 0 Å². The average Bonchev–Trinajstić information content (AvgIpc) is 2.53. The van der Waals surface area contributed by atoms with Gasteiger partial charge < -0.3 is 5.32 Å². The number of para-hydroxylation sites is 1. The lowest BCUT2D eigenvalue weighted by atomic mass is 10.1. The van der Waals surface area contributed by atoms with E-state index < -0.39 is 0 Å². The molecule has 2 rings (SSSR count). The van der Waals surface area contributed by atoms with Crippen molar-refractivity contribution in [3.8, 4) is 0 Å². The number of rotatable bonds is 8. The summed E-state index contributed by atoms with van der Waals surface area (Å²) >= 11 is 0. The Labute approximate surface area is 124 Å². The quantitative estimate of drug-likeness (QED) is 0.396. The third-order valence-electron chi connectivity index (χ3n) is 3.37. The van der Waals surface area contributed by atoms with Crippen LogP contribution in [0.25, 0.3) is 10.9 Å². The zero-order chi connectivity index (χ0) is 14.9. The number of nitrogens with one attached hydrogen (secondary N) is 2. The van der Waals surface area contributed by atoms with Crippen molar-refractivity contribution in [1.29, 1.82) is 0 Å². The van der Waals surface area contributed by atoms with Gasteiger partial charge in [0.05, 0.1) is 17.4 Å². The Morgan fingerprint density at radius 3 is 2.81 bits per heavy atom. The van der Waals surface area contributed by atoms with E-state index in [1.807, 2.05) is 24.4 Å². The molecule has 112 valence electrons. The van der Waals surface area contributed by atoms with Crippen LogP contribution in [0.1, 0.15) is 32.1 Å². The van der Waals surface area contributed by atoms with Crippen molar-refractivity contribution in [3.63, 3.8) is 0 Å². The molecule has 0 saturated carbocycles. The van der Waals surface area contributed by atoms with Gasteiger partial charge in [0.1, 0.15) is 0 Å². The molecule has 1 heterocycles. The highest BCUT2D eigenvalue weighted by Crippen LogP contribution is 2.16. The van der Waals surface area contributed by atoms with E-state index in [-0.39, 0.29) is 5.91 Å². The zero-order valence-corrected chi connectivity index (χ0v) is 12.0. The van der Waals surface area contributed by atoms with Gasteiger partial charge in [-0.15, -0.1) is 0 Å². The largest absolute Gasteiger partial charge is 0.384 e. The molecule has 0 aliphatic heterocycles. The summed E-state index contributed by atoms with van der Waals surface area (Å²) in [6, 6.07) is 10.2. The second-order valence-corrected chi connectivity index (χ2v) is 5.04. The number of benzene rings is 1. The monoisotopic (exact) mass is 287 g/mol. The number of carbonyl (C=O) groups is 1. The number of anilines is 1. The summed E-state index contributed by atoms with van der Waals surface area (Å²) in [5.74, 6) is -0.310. The normalized spacial score (nSPS) is 10.5. The van der Waals surface area contributed by atoms with Crippen LogP contribution >= 0.6 is 0 Å². The van der Waals surface area contributed by atoms with Crippen LogP contribution in [0.3, 0.4) is 0 Å². The molecule has 1 aromatic heterocycles. The van der Waals surface area contributed by atoms with Crippen molar-refractivity contribution in [2.75, 3.05) is 11.9 Å². The fourth-order valence-corrected chi connectivity index (χ4v) is 2.22. The SMILES string of the molecule is O=C(CCCCCCNc1cnc2ccccc2c1)NO. The summed E-state index contributed by atoms with van der Waals surface area (Å²) in [5, 5.41) is 12.9. The molecule has 21 heavy (non-hydrogen) atoms. The standard InChI is InChI=1S/C16H21N3O2/c20-16(19-21)9-3-1-2-6-10-17-14-11-13-7-4-5-8-15(13)18-12-14/h4-5,7-8,11-12,17,21H,1-3,6,9-10H2,(H,19,20). The molecule has 0 aliphatic carbocycles. The first-order valence-electron chi connectivity index (χ1n) is 7.31. The van der Waals surface area contributed by atoms with Crippen molar-refractivity contribution >= 4 is 22.5 Å². The maximum Gasteiger partial charge on any atom is 0.243 e. The molecular formula is C16H21N3O2. The summed E-state index contributed by atoms with van der Waals surface area (Å²) in [6.45, 7) is 0.895. The van der Waals surface area contributed by atoms with Gasteiger partial charge in [-0.3, -0.25) is 15.0 Å². The van der Waals surface area contributed by atoms with Crippen molar-refractivity contribution in [2.45, 2.75) is 32.1 Å². The number of hydrogen-bond donors (Lipinski definition) is 3. The lowest BCUT2D eigenvalue weighted by Crippen LogP contribution is -2.17. The van der Waals surface area contributed by atoms with Gasteiger partial charge in [-0.05, 0) is 25.0 Å². The molecule has 0 aliphatic rings. The van der Waals surface area contributed by atoms with Crippen molar-refractivity contribution < 1.29 is 10.0 Å². The predicted molar refractivity (Wildman–Crippen MR) is 83.2 cm³/mol. The van der Waals surface area contributed by atoms with Crippen LogP contribution < -0.4 is 10.8 Å². The predicted octanol–water partition coefficient (Wildman–Crippen LogP) is 3.10. The number of nitrogens with zero attached hydrogens (tertiary/aromatic N) is 1. The minimum absolute atomic E-state index is 0.310. The van der Waals surface area contributed by atoms with Crippen LogP contribution in [-0.4, -0.2) is 22.6 Å². The molecule has 5 heteroatoms. The van der Waals surface area contributed by atoms with Gasteiger partial charge in [-0.2, -0.15) is 0 Å². The number of aromatic nitrogens is 1. The second-order valence-electron chi connectivity index (χ2n) is 5.04. The first-order valence-corrected chi connectivity index (χ1v) is 7.31. The van der Waals surface area contributed by atoms with Crippen LogP contribution in [0.4, 0.5) is 5.69 Å². The van der Waals surface area contributed by atoms with Gasteiger partial charge in [-0.1, -0.05) is 31.0 Å². The molecular weight excluding hydrogens is 266 g/mol. The summed E-state index contributed by atoms with van der Waals surface area (Å²) < 4.78 is 0. The molecule has 0 fully saturated rings. The molecule has 0 saturated heterocycles. The molecule has 2 aromatic rings. The first kappa shape index (κ1) is 15.3. The van der Waals surface area contributed by atoms with Gasteiger partial charge in [0.15, 0.2) is 0 Å². The minimum Gasteiger partial charge on any atom is -0.384 e. The molecule has 1 aromatic carbocycles. The van der Waals surface area contributed by atoms with Crippen molar-refractivity contribution in [3.05, 3.63) is 36.5 Å². The topological polar surface area (TPSA) is 74.2 Å². The van der Waals surface area contributed by atoms with E-state index in [4.69, 9.17) is 5.21 Å². The van der Waals surface area contributed by atoms with Gasteiger partial charge >= 0.3 is 0 Å². The van der Waals surface area contributed by atoms with Gasteiger partial charge in [0, 0.05) is 18.4 Å². The third kappa shape index (κ3) is 5.04. The summed E-state index contributed by atoms with van der Waals surface area (Å²) in [5.41, 5.74) is 3.69. The number of unbranched alkanes of at least 4 members (excludes halogenated alkanes) is 3. The Kier molecular flexibility index (Phi) is 5.97. The Bertz CT molecular complexity index is 586. The van der Waals surface area contributed by atoms with E-state index in [9.17, 15) is 4.79 Å². The molecule has 1 amide bonds. The molecule has 0 atom stereocenters. The van der Waals surface area contributed by atoms with E-state index >= 15 is 0 Å². The van der Waals surface area contributed by atoms with Gasteiger partial charge in [0.2, 0.25) is 5.91 Å². The summed E-state index contributed by atoms with van der Waals surface area (Å²) in [4.78, 5) is 15.2. The van der Waals surface area contributed by atoms with E-state index in [1.54, 1.807) is 5.48 Å². The molecule has 0 spiro atoms. The van der Waals surface area contributed by atoms with E-state index in [1.165, 1.54) is 0 Å². The maximum atomic E-state index is 10.8. The fraction of sp³-hybridized carbons (Fsp3) is 0.375. The number of fused-ring (bicyclic) bond motifs is 1. The highest BCUT2D eigenvalue weighted by molar-refractivity contribution is 5.81. The lowest BCUT2D eigenvalue weighted by Gasteiger charge is -2.07. The van der Waals surface area contributed by atoms with Gasteiger partial charge in [-0.25, -0.2) is 5.48 Å². The maximum absolute atomic E-state index is 10.8. The van der Waals surface area contributed by atoms with Gasteiger partial charge in [0.25, 0.3) is 0 Å².